The minimum Gasteiger partial charge on any atom is -0.490 e. The van der Waals surface area contributed by atoms with Crippen molar-refractivity contribution in [1.29, 1.82) is 0 Å². The number of carbonyl (C=O) groups excluding carboxylic acids is 1. The summed E-state index contributed by atoms with van der Waals surface area (Å²) in [5, 5.41) is 17.5. The van der Waals surface area contributed by atoms with Gasteiger partial charge in [-0.05, 0) is 56.3 Å². The number of nitrogen functional groups attached to an aromatic ring is 1. The van der Waals surface area contributed by atoms with Gasteiger partial charge in [0.2, 0.25) is 0 Å². The van der Waals surface area contributed by atoms with Crippen LogP contribution in [0.4, 0.5) is 5.82 Å². The second-order valence-corrected chi connectivity index (χ2v) is 7.89. The van der Waals surface area contributed by atoms with Crippen molar-refractivity contribution in [3.05, 3.63) is 11.9 Å². The second kappa shape index (κ2) is 10.3. The first-order valence-corrected chi connectivity index (χ1v) is 10.7. The minimum absolute atomic E-state index is 0.116. The molecule has 3 rings (SSSR count). The molecule has 0 amide bonds. The van der Waals surface area contributed by atoms with E-state index in [2.05, 4.69) is 36.9 Å². The quantitative estimate of drug-likeness (QED) is 0.279. The zero-order chi connectivity index (χ0) is 24.0. The number of rotatable bonds is 9. The highest BCUT2D eigenvalue weighted by Gasteiger charge is 2.23. The lowest BCUT2D eigenvalue weighted by Crippen LogP contribution is -2.14. The van der Waals surface area contributed by atoms with Crippen molar-refractivity contribution in [1.82, 2.24) is 24.8 Å². The first kappa shape index (κ1) is 24.0. The van der Waals surface area contributed by atoms with Crippen molar-refractivity contribution >= 4 is 22.8 Å². The molecule has 0 atom stereocenters. The molecule has 0 saturated carbocycles. The molecule has 3 heterocycles. The minimum atomic E-state index is -1.19. The van der Waals surface area contributed by atoms with E-state index >= 15 is 0 Å². The molecule has 0 aliphatic rings. The molecule has 0 spiro atoms. The predicted octanol–water partition coefficient (Wildman–Crippen LogP) is 2.32. The van der Waals surface area contributed by atoms with Gasteiger partial charge >= 0.3 is 5.97 Å². The Bertz CT molecular complexity index is 1180. The average molecular weight is 457 g/mol. The zero-order valence-corrected chi connectivity index (χ0v) is 19.2. The van der Waals surface area contributed by atoms with E-state index in [9.17, 15) is 9.90 Å². The summed E-state index contributed by atoms with van der Waals surface area (Å²) in [6, 6.07) is 0. The Hall–Kier alpha value is -3.65. The van der Waals surface area contributed by atoms with Crippen molar-refractivity contribution in [2.24, 2.45) is 0 Å². The summed E-state index contributed by atoms with van der Waals surface area (Å²) < 4.78 is 17.3. The Morgan fingerprint density at radius 3 is 2.73 bits per heavy atom. The van der Waals surface area contributed by atoms with Gasteiger partial charge in [0.1, 0.15) is 22.3 Å². The molecule has 0 aromatic carbocycles. The molecule has 0 unspecified atom stereocenters. The van der Waals surface area contributed by atoms with Crippen LogP contribution >= 0.6 is 0 Å². The first-order chi connectivity index (χ1) is 15.7. The fourth-order valence-corrected chi connectivity index (χ4v) is 3.19. The standard InChI is InChI=1S/C22H28N6O5/c1-5-28-19-15(32-12-8-6-7-9-16(29)31-4)13-24-14(10-11-22(2,3)30)17(19)25-21(28)18-20(23)27-33-26-18/h13,30H,5-9,12H2,1-4H3,(H2,23,27). The van der Waals surface area contributed by atoms with Crippen molar-refractivity contribution in [3.8, 4) is 29.1 Å². The maximum absolute atomic E-state index is 11.2. The number of methoxy groups -OCH3 is 1. The number of esters is 1. The lowest BCUT2D eigenvalue weighted by Gasteiger charge is -2.11. The highest BCUT2D eigenvalue weighted by atomic mass is 16.6. The number of aromatic nitrogens is 5. The number of nitrogens with zero attached hydrogens (tertiary/aromatic N) is 5. The molecule has 33 heavy (non-hydrogen) atoms. The third-order valence-corrected chi connectivity index (χ3v) is 4.78. The number of hydrogen-bond acceptors (Lipinski definition) is 10. The zero-order valence-electron chi connectivity index (χ0n) is 19.2. The number of unbranched alkanes of at least 4 members (excludes halogenated alkanes) is 2. The van der Waals surface area contributed by atoms with Crippen LogP contribution in [-0.2, 0) is 16.1 Å². The van der Waals surface area contributed by atoms with E-state index < -0.39 is 5.60 Å². The number of aliphatic hydroxyl groups is 1. The van der Waals surface area contributed by atoms with Gasteiger partial charge in [-0.1, -0.05) is 5.92 Å². The van der Waals surface area contributed by atoms with Gasteiger partial charge < -0.3 is 24.9 Å². The Labute approximate surface area is 191 Å². The number of fused-ring (bicyclic) bond motifs is 1. The molecular formula is C22H28N6O5. The average Bonchev–Trinajstić information content (AvgIpc) is 3.37. The fourth-order valence-electron chi connectivity index (χ4n) is 3.19. The number of anilines is 1. The van der Waals surface area contributed by atoms with E-state index in [0.29, 0.717) is 53.6 Å². The third-order valence-electron chi connectivity index (χ3n) is 4.78. The molecule has 11 nitrogen and oxygen atoms in total. The Kier molecular flexibility index (Phi) is 7.50. The fraction of sp³-hybridized carbons (Fsp3) is 0.500. The summed E-state index contributed by atoms with van der Waals surface area (Å²) in [6.45, 7) is 6.10. The van der Waals surface area contributed by atoms with Crippen LogP contribution in [-0.4, -0.2) is 55.2 Å². The first-order valence-electron chi connectivity index (χ1n) is 10.7. The molecule has 3 N–H and O–H groups in total. The van der Waals surface area contributed by atoms with Gasteiger partial charge in [0.05, 0.1) is 19.9 Å². The molecule has 176 valence electrons. The van der Waals surface area contributed by atoms with Crippen LogP contribution in [0.15, 0.2) is 10.8 Å². The van der Waals surface area contributed by atoms with Crippen molar-refractivity contribution in [2.75, 3.05) is 19.5 Å². The summed E-state index contributed by atoms with van der Waals surface area (Å²) >= 11 is 0. The van der Waals surface area contributed by atoms with Crippen molar-refractivity contribution in [2.45, 2.75) is 58.6 Å². The van der Waals surface area contributed by atoms with Gasteiger partial charge in [0.25, 0.3) is 0 Å². The molecule has 0 aliphatic heterocycles. The normalized spacial score (nSPS) is 11.3. The number of pyridine rings is 1. The summed E-state index contributed by atoms with van der Waals surface area (Å²) in [6.07, 6.45) is 4.28. The van der Waals surface area contributed by atoms with E-state index in [1.165, 1.54) is 7.11 Å². The number of imidazole rings is 1. The highest BCUT2D eigenvalue weighted by molar-refractivity contribution is 5.89. The van der Waals surface area contributed by atoms with E-state index in [4.69, 9.17) is 15.1 Å². The summed E-state index contributed by atoms with van der Waals surface area (Å²) in [5.41, 5.74) is 6.59. The van der Waals surface area contributed by atoms with Gasteiger partial charge in [-0.2, -0.15) is 0 Å². The molecule has 3 aromatic heterocycles. The highest BCUT2D eigenvalue weighted by Crippen LogP contribution is 2.33. The Morgan fingerprint density at radius 1 is 1.30 bits per heavy atom. The number of nitrogens with two attached hydrogens (primary N) is 1. The van der Waals surface area contributed by atoms with Crippen LogP contribution in [0.2, 0.25) is 0 Å². The van der Waals surface area contributed by atoms with Gasteiger partial charge in [-0.3, -0.25) is 4.79 Å². The summed E-state index contributed by atoms with van der Waals surface area (Å²) in [4.78, 5) is 20.3. The molecule has 0 bridgehead atoms. The van der Waals surface area contributed by atoms with E-state index in [0.717, 1.165) is 19.3 Å². The topological polar surface area (TPSA) is 151 Å². The molecule has 0 radical (unpaired) electrons. The molecule has 0 saturated heterocycles. The summed E-state index contributed by atoms with van der Waals surface area (Å²) in [7, 11) is 1.38. The SMILES string of the molecule is CCn1c(-c2nonc2N)nc2c(C#CC(C)(C)O)ncc(OCCCCCC(=O)OC)c21. The van der Waals surface area contributed by atoms with Crippen molar-refractivity contribution in [3.63, 3.8) is 0 Å². The van der Waals surface area contributed by atoms with Gasteiger partial charge in [-0.15, -0.1) is 0 Å². The van der Waals surface area contributed by atoms with Gasteiger partial charge in [0, 0.05) is 13.0 Å². The van der Waals surface area contributed by atoms with E-state index in [-0.39, 0.29) is 11.8 Å². The second-order valence-electron chi connectivity index (χ2n) is 7.89. The number of aryl methyl sites for hydroxylation is 1. The number of carbonyl (C=O) groups is 1. The molecular weight excluding hydrogens is 428 g/mol. The predicted molar refractivity (Wildman–Crippen MR) is 120 cm³/mol. The van der Waals surface area contributed by atoms with Crippen LogP contribution in [0, 0.1) is 11.8 Å². The Morgan fingerprint density at radius 2 is 2.09 bits per heavy atom. The maximum atomic E-state index is 11.2. The third kappa shape index (κ3) is 5.78. The molecule has 0 fully saturated rings. The maximum Gasteiger partial charge on any atom is 0.305 e. The molecule has 0 aliphatic carbocycles. The smallest absolute Gasteiger partial charge is 0.305 e. The number of hydrogen-bond donors (Lipinski definition) is 2. The van der Waals surface area contributed by atoms with Crippen LogP contribution in [0.25, 0.3) is 22.6 Å². The lowest BCUT2D eigenvalue weighted by molar-refractivity contribution is -0.140. The monoisotopic (exact) mass is 456 g/mol. The van der Waals surface area contributed by atoms with E-state index in [1.807, 2.05) is 11.5 Å². The van der Waals surface area contributed by atoms with Gasteiger partial charge in [0.15, 0.2) is 23.1 Å². The number of ether oxygens (including phenoxy) is 2. The van der Waals surface area contributed by atoms with Crippen molar-refractivity contribution < 1.29 is 24.0 Å². The van der Waals surface area contributed by atoms with Crippen LogP contribution in [0.1, 0.15) is 52.1 Å². The van der Waals surface area contributed by atoms with Crippen LogP contribution in [0.3, 0.4) is 0 Å². The summed E-state index contributed by atoms with van der Waals surface area (Å²) in [5.74, 6) is 6.55. The van der Waals surface area contributed by atoms with Gasteiger partial charge in [-0.25, -0.2) is 14.6 Å². The molecule has 11 heteroatoms. The Balaban J connectivity index is 1.95. The lowest BCUT2D eigenvalue weighted by atomic mass is 10.1. The van der Waals surface area contributed by atoms with E-state index in [1.54, 1.807) is 20.0 Å². The van der Waals surface area contributed by atoms with Crippen LogP contribution in [0.5, 0.6) is 5.75 Å². The van der Waals surface area contributed by atoms with Crippen LogP contribution < -0.4 is 10.5 Å². The molecule has 3 aromatic rings. The largest absolute Gasteiger partial charge is 0.490 e.